The van der Waals surface area contributed by atoms with Gasteiger partial charge in [0.1, 0.15) is 17.7 Å². The van der Waals surface area contributed by atoms with E-state index in [0.717, 1.165) is 34.6 Å². The molecule has 14 nitrogen and oxygen atoms in total. The number of ether oxygens (including phenoxy) is 1. The SMILES string of the molecule is C[C@@H](O)[C@@H]1C(=O)N2C(C(=O)[O-])=C(COC(=O)NCCSc3c(F)c(N4CCN(C)CC4)c(F)c4c3c(=O)c(C(=O)[O-])cn4C3CC3)S[C@H]12.[Na+].[Na+]. The number of hydrogen-bond donors (Lipinski definition) is 2. The number of amides is 2. The van der Waals surface area contributed by atoms with Crippen LogP contribution in [0.15, 0.2) is 26.5 Å². The molecule has 2 N–H and O–H groups in total. The molecule has 0 radical (unpaired) electrons. The molecule has 3 aliphatic heterocycles. The Morgan fingerprint density at radius 3 is 2.34 bits per heavy atom. The number of anilines is 1. The van der Waals surface area contributed by atoms with Crippen LogP contribution in [-0.2, 0) is 14.3 Å². The third-order valence-electron chi connectivity index (χ3n) is 8.78. The van der Waals surface area contributed by atoms with Crippen LogP contribution in [0, 0.1) is 17.6 Å². The van der Waals surface area contributed by atoms with Crippen LogP contribution in [-0.4, -0.2) is 107 Å². The zero-order valence-corrected chi connectivity index (χ0v) is 33.5. The molecule has 258 valence electrons. The Kier molecular flexibility index (Phi) is 13.4. The zero-order valence-electron chi connectivity index (χ0n) is 27.8. The Morgan fingerprint density at radius 1 is 1.10 bits per heavy atom. The van der Waals surface area contributed by atoms with E-state index in [1.807, 2.05) is 11.9 Å². The van der Waals surface area contributed by atoms with E-state index < -0.39 is 81.7 Å². The van der Waals surface area contributed by atoms with Crippen LogP contribution in [0.25, 0.3) is 10.9 Å². The van der Waals surface area contributed by atoms with Gasteiger partial charge in [0.15, 0.2) is 17.1 Å². The summed E-state index contributed by atoms with van der Waals surface area (Å²) in [4.78, 5) is 66.2. The smallest absolute Gasteiger partial charge is 0.545 e. The number of carbonyl (C=O) groups is 4. The number of halogens is 2. The molecule has 4 heterocycles. The van der Waals surface area contributed by atoms with Crippen molar-refractivity contribution in [1.82, 2.24) is 19.7 Å². The van der Waals surface area contributed by atoms with Gasteiger partial charge in [-0.1, -0.05) is 11.8 Å². The van der Waals surface area contributed by atoms with E-state index in [0.29, 0.717) is 39.0 Å². The number of alkyl carbamates (subject to hydrolysis) is 1. The van der Waals surface area contributed by atoms with Crippen molar-refractivity contribution in [2.45, 2.75) is 42.2 Å². The Morgan fingerprint density at radius 2 is 1.76 bits per heavy atom. The second-order valence-corrected chi connectivity index (χ2v) is 14.3. The van der Waals surface area contributed by atoms with Crippen LogP contribution in [0.1, 0.15) is 36.2 Å². The fraction of sp³-hybridized carbons (Fsp3) is 0.500. The quantitative estimate of drug-likeness (QED) is 0.0956. The van der Waals surface area contributed by atoms with E-state index in [4.69, 9.17) is 4.74 Å². The van der Waals surface area contributed by atoms with E-state index in [2.05, 4.69) is 5.32 Å². The van der Waals surface area contributed by atoms with Crippen molar-refractivity contribution in [3.05, 3.63) is 44.2 Å². The Bertz CT molecular complexity index is 1820. The third kappa shape index (κ3) is 7.61. The molecular weight excluding hydrogens is 722 g/mol. The number of rotatable bonds is 11. The van der Waals surface area contributed by atoms with Gasteiger partial charge in [-0.15, -0.1) is 11.8 Å². The Balaban J connectivity index is 0.00000281. The summed E-state index contributed by atoms with van der Waals surface area (Å²) in [6, 6.07) is -0.269. The number of carboxylic acids is 2. The monoisotopic (exact) mass is 753 g/mol. The van der Waals surface area contributed by atoms with Gasteiger partial charge in [0.05, 0.1) is 55.9 Å². The van der Waals surface area contributed by atoms with Gasteiger partial charge in [0.2, 0.25) is 5.91 Å². The first-order valence-electron chi connectivity index (χ1n) is 15.2. The number of aromatic carboxylic acids is 1. The van der Waals surface area contributed by atoms with Crippen LogP contribution in [0.4, 0.5) is 19.3 Å². The number of benzene rings is 1. The topological polar surface area (TPSA) is 188 Å². The van der Waals surface area contributed by atoms with Gasteiger partial charge in [0.25, 0.3) is 0 Å². The predicted octanol–water partition coefficient (Wildman–Crippen LogP) is -6.57. The van der Waals surface area contributed by atoms with Gasteiger partial charge < -0.3 is 49.3 Å². The molecule has 1 aromatic carbocycles. The third-order valence-corrected chi connectivity index (χ3v) is 11.2. The minimum Gasteiger partial charge on any atom is -0.545 e. The van der Waals surface area contributed by atoms with Gasteiger partial charge in [-0.3, -0.25) is 14.5 Å². The summed E-state index contributed by atoms with van der Waals surface area (Å²) in [5.74, 6) is -6.81. The summed E-state index contributed by atoms with van der Waals surface area (Å²) < 4.78 is 39.1. The number of nitrogens with one attached hydrogen (secondary N) is 1. The summed E-state index contributed by atoms with van der Waals surface area (Å²) in [6.45, 7) is 2.49. The summed E-state index contributed by atoms with van der Waals surface area (Å²) in [7, 11) is 1.89. The largest absolute Gasteiger partial charge is 1.00 e. The molecule has 2 aromatic rings. The number of hydrogen-bond acceptors (Lipinski definition) is 13. The molecule has 1 aromatic heterocycles. The molecule has 50 heavy (non-hydrogen) atoms. The van der Waals surface area contributed by atoms with Crippen molar-refractivity contribution < 1.29 is 107 Å². The van der Waals surface area contributed by atoms with E-state index >= 15 is 8.78 Å². The molecule has 20 heteroatoms. The molecule has 4 aliphatic rings. The first-order chi connectivity index (χ1) is 22.8. The number of carbonyl (C=O) groups excluding carboxylic acids is 4. The standard InChI is InChI=1S/C30H33F2N5O9S2.2Na/c1-13(38)17-26(40)37-21(29(43)44)16(48-27(17)37)12-46-30(45)33-5-10-47-25-18-22(36(14-3-4-14)11-15(24(18)39)28(41)42)19(31)23(20(25)32)35-8-6-34(2)7-9-35;;/h11,13-14,17,27,38H,3-10,12H2,1-2H3,(H,33,45)(H,41,42)(H,43,44);;/q;2*+1/p-2/t13-,17-,27-;;/m1../s1. The zero-order chi connectivity index (χ0) is 34.6. The van der Waals surface area contributed by atoms with E-state index in [-0.39, 0.29) is 98.5 Å². The normalized spacial score (nSPS) is 20.9. The molecular formula is C30H31F2N5Na2O9S2. The van der Waals surface area contributed by atoms with Crippen LogP contribution in [0.5, 0.6) is 0 Å². The molecule has 0 spiro atoms. The first kappa shape index (κ1) is 40.9. The molecule has 1 saturated carbocycles. The number of carboxylic acid groups (broad SMARTS) is 2. The van der Waals surface area contributed by atoms with Crippen molar-refractivity contribution in [1.29, 1.82) is 0 Å². The summed E-state index contributed by atoms with van der Waals surface area (Å²) in [5.41, 5.74) is -2.73. The van der Waals surface area contributed by atoms with Gasteiger partial charge in [0, 0.05) is 50.7 Å². The van der Waals surface area contributed by atoms with Crippen LogP contribution < -0.4 is 85.0 Å². The van der Waals surface area contributed by atoms with Gasteiger partial charge in [-0.2, -0.15) is 0 Å². The maximum Gasteiger partial charge on any atom is 1.00 e. The van der Waals surface area contributed by atoms with Gasteiger partial charge in [-0.05, 0) is 26.8 Å². The number of aliphatic carboxylic acids is 1. The number of thioether (sulfide) groups is 2. The number of nitrogens with zero attached hydrogens (tertiary/aromatic N) is 4. The molecule has 0 bridgehead atoms. The summed E-state index contributed by atoms with van der Waals surface area (Å²) in [6.07, 6.45) is 0.322. The molecule has 1 aliphatic carbocycles. The van der Waals surface area contributed by atoms with E-state index in [1.54, 1.807) is 4.90 Å². The number of pyridine rings is 1. The fourth-order valence-corrected chi connectivity index (χ4v) is 8.64. The molecule has 6 rings (SSSR count). The summed E-state index contributed by atoms with van der Waals surface area (Å²) in [5, 5.41) is 34.8. The number of fused-ring (bicyclic) bond motifs is 2. The average molecular weight is 754 g/mol. The predicted molar refractivity (Wildman–Crippen MR) is 166 cm³/mol. The minimum atomic E-state index is -1.77. The number of piperazine rings is 1. The van der Waals surface area contributed by atoms with Crippen molar-refractivity contribution in [3.63, 3.8) is 0 Å². The molecule has 0 unspecified atom stereocenters. The van der Waals surface area contributed by atoms with Crippen molar-refractivity contribution in [2.75, 3.05) is 57.0 Å². The molecule has 3 atom stereocenters. The minimum absolute atomic E-state index is 0. The van der Waals surface area contributed by atoms with Crippen LogP contribution >= 0.6 is 23.5 Å². The molecule has 2 saturated heterocycles. The second-order valence-electron chi connectivity index (χ2n) is 12.0. The first-order valence-corrected chi connectivity index (χ1v) is 17.1. The van der Waals surface area contributed by atoms with Gasteiger partial charge in [-0.25, -0.2) is 13.6 Å². The average Bonchev–Trinajstić information content (AvgIpc) is 3.81. The van der Waals surface area contributed by atoms with Gasteiger partial charge >= 0.3 is 65.2 Å². The van der Waals surface area contributed by atoms with Crippen molar-refractivity contribution in [3.8, 4) is 0 Å². The van der Waals surface area contributed by atoms with E-state index in [9.17, 15) is 39.3 Å². The molecule has 3 fully saturated rings. The second kappa shape index (κ2) is 16.4. The van der Waals surface area contributed by atoms with E-state index in [1.165, 1.54) is 11.5 Å². The number of aliphatic hydroxyl groups is 1. The van der Waals surface area contributed by atoms with Crippen LogP contribution in [0.2, 0.25) is 0 Å². The Labute approximate surface area is 337 Å². The Hall–Kier alpha value is -1.87. The molecule has 2 amide bonds. The number of aliphatic hydroxyl groups excluding tert-OH is 1. The maximum absolute atomic E-state index is 16.3. The maximum atomic E-state index is 16.3. The van der Waals surface area contributed by atoms with Crippen LogP contribution in [0.3, 0.4) is 0 Å². The number of aromatic nitrogens is 1. The van der Waals surface area contributed by atoms with Crippen molar-refractivity contribution >= 4 is 64.1 Å². The number of β-lactam (4-membered cyclic amide) rings is 1. The van der Waals surface area contributed by atoms with Crippen molar-refractivity contribution in [2.24, 2.45) is 5.92 Å². The fourth-order valence-electron chi connectivity index (χ4n) is 6.16. The summed E-state index contributed by atoms with van der Waals surface area (Å²) >= 11 is 1.77. The number of likely N-dealkylation sites (N-methyl/N-ethyl adjacent to an activating group) is 1.